The summed E-state index contributed by atoms with van der Waals surface area (Å²) in [7, 11) is 3.63. The molecule has 3 heterocycles. The largest absolute Gasteiger partial charge is 0.348 e. The number of aromatic nitrogens is 3. The van der Waals surface area contributed by atoms with Gasteiger partial charge in [0.15, 0.2) is 5.65 Å². The molecular weight excluding hydrogens is 436 g/mol. The standard InChI is InChI=1S/C28H38N6O/c1-6-25-30-27-21(2)18-22(3)29-28(27)34(25)19-24-11-9-23(10-12-24)8-7-13-32-14-16-33(17-15-32)20-26(35)31(4)5/h7-12,18H,6,13-17,19-20H2,1-5H3. The minimum atomic E-state index is 0.176. The van der Waals surface area contributed by atoms with Crippen molar-refractivity contribution in [3.63, 3.8) is 0 Å². The molecule has 1 aliphatic rings. The van der Waals surface area contributed by atoms with Gasteiger partial charge in [-0.2, -0.15) is 0 Å². The topological polar surface area (TPSA) is 57.5 Å². The number of piperazine rings is 1. The summed E-state index contributed by atoms with van der Waals surface area (Å²) in [6.07, 6.45) is 5.32. The Balaban J connectivity index is 1.33. The second kappa shape index (κ2) is 11.1. The van der Waals surface area contributed by atoms with E-state index < -0.39 is 0 Å². The van der Waals surface area contributed by atoms with E-state index in [1.54, 1.807) is 4.90 Å². The molecule has 1 aliphatic heterocycles. The Labute approximate surface area is 209 Å². The summed E-state index contributed by atoms with van der Waals surface area (Å²) in [5.41, 5.74) is 6.67. The van der Waals surface area contributed by atoms with Gasteiger partial charge in [-0.1, -0.05) is 43.3 Å². The summed E-state index contributed by atoms with van der Waals surface area (Å²) < 4.78 is 2.26. The second-order valence-electron chi connectivity index (χ2n) is 9.73. The third-order valence-corrected chi connectivity index (χ3v) is 6.73. The first-order valence-corrected chi connectivity index (χ1v) is 12.6. The number of carbonyl (C=O) groups is 1. The molecule has 1 fully saturated rings. The molecule has 4 rings (SSSR count). The van der Waals surface area contributed by atoms with Gasteiger partial charge in [0.1, 0.15) is 11.3 Å². The number of likely N-dealkylation sites (N-methyl/N-ethyl adjacent to an activating group) is 1. The van der Waals surface area contributed by atoms with E-state index in [0.717, 1.165) is 68.4 Å². The number of hydrogen-bond donors (Lipinski definition) is 0. The van der Waals surface area contributed by atoms with Crippen molar-refractivity contribution in [2.75, 3.05) is 53.4 Å². The van der Waals surface area contributed by atoms with Crippen molar-refractivity contribution in [3.05, 3.63) is 64.6 Å². The van der Waals surface area contributed by atoms with Gasteiger partial charge in [-0.15, -0.1) is 0 Å². The summed E-state index contributed by atoms with van der Waals surface area (Å²) in [5, 5.41) is 0. The number of amides is 1. The minimum absolute atomic E-state index is 0.176. The molecule has 0 unspecified atom stereocenters. The number of imidazole rings is 1. The number of carbonyl (C=O) groups excluding carboxylic acids is 1. The average Bonchev–Trinajstić information content (AvgIpc) is 3.19. The summed E-state index contributed by atoms with van der Waals surface area (Å²) in [6, 6.07) is 10.9. The molecule has 35 heavy (non-hydrogen) atoms. The third-order valence-electron chi connectivity index (χ3n) is 6.73. The number of fused-ring (bicyclic) bond motifs is 1. The number of pyridine rings is 1. The van der Waals surface area contributed by atoms with E-state index in [1.807, 2.05) is 21.0 Å². The van der Waals surface area contributed by atoms with E-state index in [4.69, 9.17) is 9.97 Å². The van der Waals surface area contributed by atoms with Crippen LogP contribution in [-0.2, 0) is 17.8 Å². The van der Waals surface area contributed by atoms with Gasteiger partial charge in [0.2, 0.25) is 5.91 Å². The molecule has 1 saturated heterocycles. The first-order valence-electron chi connectivity index (χ1n) is 12.6. The van der Waals surface area contributed by atoms with Crippen LogP contribution in [0.3, 0.4) is 0 Å². The van der Waals surface area contributed by atoms with Crippen molar-refractivity contribution in [2.45, 2.75) is 33.7 Å². The number of rotatable bonds is 8. The molecule has 3 aromatic rings. The van der Waals surface area contributed by atoms with Crippen LogP contribution in [0.1, 0.15) is 35.1 Å². The molecular formula is C28H38N6O. The molecule has 0 radical (unpaired) electrons. The number of hydrogen-bond acceptors (Lipinski definition) is 5. The molecule has 2 aromatic heterocycles. The fraction of sp³-hybridized carbons (Fsp3) is 0.464. The summed E-state index contributed by atoms with van der Waals surface area (Å²) >= 11 is 0. The Morgan fingerprint density at radius 1 is 1.03 bits per heavy atom. The smallest absolute Gasteiger partial charge is 0.236 e. The fourth-order valence-electron chi connectivity index (χ4n) is 4.60. The van der Waals surface area contributed by atoms with Crippen molar-refractivity contribution >= 4 is 23.1 Å². The van der Waals surface area contributed by atoms with Crippen molar-refractivity contribution in [3.8, 4) is 0 Å². The molecule has 0 atom stereocenters. The quantitative estimate of drug-likeness (QED) is 0.501. The van der Waals surface area contributed by atoms with Crippen molar-refractivity contribution in [1.29, 1.82) is 0 Å². The average molecular weight is 475 g/mol. The molecule has 0 bridgehead atoms. The molecule has 1 amide bonds. The van der Waals surface area contributed by atoms with Crippen LogP contribution < -0.4 is 0 Å². The SMILES string of the molecule is CCc1nc2c(C)cc(C)nc2n1Cc1ccc(C=CCN2CCN(CC(=O)N(C)C)CC2)cc1. The van der Waals surface area contributed by atoms with Gasteiger partial charge in [0.25, 0.3) is 0 Å². The maximum atomic E-state index is 11.9. The van der Waals surface area contributed by atoms with Gasteiger partial charge in [-0.05, 0) is 36.6 Å². The third kappa shape index (κ3) is 6.16. The lowest BCUT2D eigenvalue weighted by molar-refractivity contribution is -0.130. The number of nitrogens with zero attached hydrogens (tertiary/aromatic N) is 6. The van der Waals surface area contributed by atoms with Crippen LogP contribution >= 0.6 is 0 Å². The Bertz CT molecular complexity index is 1190. The van der Waals surface area contributed by atoms with Crippen LogP contribution in [0.4, 0.5) is 0 Å². The zero-order chi connectivity index (χ0) is 24.9. The molecule has 1 aromatic carbocycles. The Morgan fingerprint density at radius 2 is 1.71 bits per heavy atom. The summed E-state index contributed by atoms with van der Waals surface area (Å²) in [4.78, 5) is 27.9. The normalized spacial score (nSPS) is 15.3. The van der Waals surface area contributed by atoms with E-state index in [1.165, 1.54) is 16.7 Å². The van der Waals surface area contributed by atoms with Crippen LogP contribution in [0.5, 0.6) is 0 Å². The molecule has 7 nitrogen and oxygen atoms in total. The molecule has 0 aliphatic carbocycles. The summed E-state index contributed by atoms with van der Waals surface area (Å²) in [5.74, 6) is 1.26. The molecule has 7 heteroatoms. The van der Waals surface area contributed by atoms with E-state index in [9.17, 15) is 4.79 Å². The Hall–Kier alpha value is -3.03. The lowest BCUT2D eigenvalue weighted by Gasteiger charge is -2.34. The van der Waals surface area contributed by atoms with Crippen molar-refractivity contribution in [2.24, 2.45) is 0 Å². The second-order valence-corrected chi connectivity index (χ2v) is 9.73. The highest BCUT2D eigenvalue weighted by atomic mass is 16.2. The number of aryl methyl sites for hydroxylation is 3. The van der Waals surface area contributed by atoms with Crippen LogP contribution in [0.15, 0.2) is 36.4 Å². The first kappa shape index (κ1) is 25.1. The maximum Gasteiger partial charge on any atom is 0.236 e. The van der Waals surface area contributed by atoms with Crippen LogP contribution in [0.25, 0.3) is 17.2 Å². The first-order chi connectivity index (χ1) is 16.8. The Morgan fingerprint density at radius 3 is 2.37 bits per heavy atom. The van der Waals surface area contributed by atoms with E-state index in [-0.39, 0.29) is 5.91 Å². The number of benzene rings is 1. The van der Waals surface area contributed by atoms with Gasteiger partial charge in [-0.3, -0.25) is 14.6 Å². The van der Waals surface area contributed by atoms with Gasteiger partial charge in [-0.25, -0.2) is 9.97 Å². The maximum absolute atomic E-state index is 11.9. The minimum Gasteiger partial charge on any atom is -0.348 e. The molecule has 0 N–H and O–H groups in total. The molecule has 186 valence electrons. The molecule has 0 spiro atoms. The predicted octanol–water partition coefficient (Wildman–Crippen LogP) is 3.38. The van der Waals surface area contributed by atoms with E-state index >= 15 is 0 Å². The van der Waals surface area contributed by atoms with Gasteiger partial charge in [0.05, 0.1) is 13.1 Å². The van der Waals surface area contributed by atoms with E-state index in [2.05, 4.69) is 70.7 Å². The van der Waals surface area contributed by atoms with Crippen LogP contribution in [0.2, 0.25) is 0 Å². The van der Waals surface area contributed by atoms with Gasteiger partial charge >= 0.3 is 0 Å². The highest BCUT2D eigenvalue weighted by Crippen LogP contribution is 2.21. The van der Waals surface area contributed by atoms with E-state index in [0.29, 0.717) is 6.54 Å². The van der Waals surface area contributed by atoms with Gasteiger partial charge in [0, 0.05) is 58.9 Å². The fourth-order valence-corrected chi connectivity index (χ4v) is 4.60. The lowest BCUT2D eigenvalue weighted by Crippen LogP contribution is -2.49. The summed E-state index contributed by atoms with van der Waals surface area (Å²) in [6.45, 7) is 12.4. The monoisotopic (exact) mass is 474 g/mol. The van der Waals surface area contributed by atoms with Crippen molar-refractivity contribution < 1.29 is 4.79 Å². The predicted molar refractivity (Wildman–Crippen MR) is 143 cm³/mol. The molecule has 0 saturated carbocycles. The Kier molecular flexibility index (Phi) is 7.98. The zero-order valence-corrected chi connectivity index (χ0v) is 21.8. The zero-order valence-electron chi connectivity index (χ0n) is 21.8. The highest BCUT2D eigenvalue weighted by molar-refractivity contribution is 5.77. The van der Waals surface area contributed by atoms with Crippen molar-refractivity contribution in [1.82, 2.24) is 29.2 Å². The van der Waals surface area contributed by atoms with Crippen LogP contribution in [-0.4, -0.2) is 88.5 Å². The highest BCUT2D eigenvalue weighted by Gasteiger charge is 2.18. The van der Waals surface area contributed by atoms with Crippen LogP contribution in [0, 0.1) is 13.8 Å². The van der Waals surface area contributed by atoms with Gasteiger partial charge < -0.3 is 9.47 Å². The lowest BCUT2D eigenvalue weighted by atomic mass is 10.1.